The van der Waals surface area contributed by atoms with Crippen LogP contribution in [-0.2, 0) is 4.74 Å². The Labute approximate surface area is 67.0 Å². The van der Waals surface area contributed by atoms with Gasteiger partial charge in [-0.15, -0.1) is 0 Å². The van der Waals surface area contributed by atoms with Gasteiger partial charge in [-0.05, 0) is 20.3 Å². The van der Waals surface area contributed by atoms with Gasteiger partial charge in [0.2, 0.25) is 0 Å². The standard InChI is InChI=1S/C8H16O3/c1-4-5-6(9)7(10)8(2,3)11-5/h5-7,9-10H,4H2,1-3H3. The van der Waals surface area contributed by atoms with Gasteiger partial charge in [0.05, 0.1) is 11.7 Å². The molecule has 0 spiro atoms. The maximum absolute atomic E-state index is 9.45. The normalized spacial score (nSPS) is 42.8. The second-order valence-corrected chi connectivity index (χ2v) is 3.60. The summed E-state index contributed by atoms with van der Waals surface area (Å²) in [7, 11) is 0. The van der Waals surface area contributed by atoms with E-state index in [2.05, 4.69) is 0 Å². The summed E-state index contributed by atoms with van der Waals surface area (Å²) in [5, 5.41) is 18.9. The Hall–Kier alpha value is -0.120. The molecule has 1 aliphatic rings. The third-order valence-electron chi connectivity index (χ3n) is 2.27. The van der Waals surface area contributed by atoms with Gasteiger partial charge in [0.15, 0.2) is 0 Å². The summed E-state index contributed by atoms with van der Waals surface area (Å²) in [6.07, 6.45) is -0.954. The Morgan fingerprint density at radius 3 is 2.09 bits per heavy atom. The second kappa shape index (κ2) is 2.73. The van der Waals surface area contributed by atoms with Crippen molar-refractivity contribution < 1.29 is 14.9 Å². The van der Waals surface area contributed by atoms with Crippen molar-refractivity contribution in [1.29, 1.82) is 0 Å². The highest BCUT2D eigenvalue weighted by Gasteiger charge is 2.46. The fourth-order valence-corrected chi connectivity index (χ4v) is 1.47. The SMILES string of the molecule is CCC1OC(C)(C)C(O)C1O. The molecule has 0 bridgehead atoms. The van der Waals surface area contributed by atoms with E-state index < -0.39 is 17.8 Å². The average Bonchev–Trinajstić information content (AvgIpc) is 2.13. The van der Waals surface area contributed by atoms with Crippen LogP contribution in [0.1, 0.15) is 27.2 Å². The molecule has 11 heavy (non-hydrogen) atoms. The van der Waals surface area contributed by atoms with Gasteiger partial charge in [0, 0.05) is 0 Å². The number of aliphatic hydroxyl groups is 2. The largest absolute Gasteiger partial charge is 0.388 e. The fraction of sp³-hybridized carbons (Fsp3) is 1.00. The molecule has 0 radical (unpaired) electrons. The van der Waals surface area contributed by atoms with Crippen LogP contribution in [0.4, 0.5) is 0 Å². The Kier molecular flexibility index (Phi) is 2.23. The molecule has 66 valence electrons. The topological polar surface area (TPSA) is 49.7 Å². The quantitative estimate of drug-likeness (QED) is 0.580. The molecule has 3 unspecified atom stereocenters. The number of rotatable bonds is 1. The zero-order valence-corrected chi connectivity index (χ0v) is 7.24. The minimum absolute atomic E-state index is 0.208. The molecule has 3 atom stereocenters. The first kappa shape index (κ1) is 8.97. The van der Waals surface area contributed by atoms with E-state index >= 15 is 0 Å². The maximum Gasteiger partial charge on any atom is 0.111 e. The predicted octanol–water partition coefficient (Wildman–Crippen LogP) is 0.296. The van der Waals surface area contributed by atoms with Crippen LogP contribution in [0.5, 0.6) is 0 Å². The van der Waals surface area contributed by atoms with Crippen LogP contribution in [0.15, 0.2) is 0 Å². The molecule has 1 fully saturated rings. The number of aliphatic hydroxyl groups excluding tert-OH is 2. The lowest BCUT2D eigenvalue weighted by molar-refractivity contribution is -0.0565. The molecule has 0 aromatic carbocycles. The third kappa shape index (κ3) is 1.41. The molecule has 2 N–H and O–H groups in total. The van der Waals surface area contributed by atoms with Crippen molar-refractivity contribution in [3.63, 3.8) is 0 Å². The van der Waals surface area contributed by atoms with Gasteiger partial charge in [-0.3, -0.25) is 0 Å². The van der Waals surface area contributed by atoms with Crippen LogP contribution >= 0.6 is 0 Å². The van der Waals surface area contributed by atoms with E-state index in [-0.39, 0.29) is 6.10 Å². The van der Waals surface area contributed by atoms with Gasteiger partial charge in [-0.25, -0.2) is 0 Å². The highest BCUT2D eigenvalue weighted by molar-refractivity contribution is 4.95. The van der Waals surface area contributed by atoms with Gasteiger partial charge in [-0.2, -0.15) is 0 Å². The molecule has 3 heteroatoms. The minimum Gasteiger partial charge on any atom is -0.388 e. The Morgan fingerprint density at radius 1 is 1.36 bits per heavy atom. The number of hydrogen-bond acceptors (Lipinski definition) is 3. The lowest BCUT2D eigenvalue weighted by Gasteiger charge is -2.21. The molecule has 0 amide bonds. The Balaban J connectivity index is 2.69. The molecule has 1 saturated heterocycles. The molecule has 0 aliphatic carbocycles. The molecule has 1 aliphatic heterocycles. The lowest BCUT2D eigenvalue weighted by atomic mass is 9.98. The first-order valence-corrected chi connectivity index (χ1v) is 4.03. The monoisotopic (exact) mass is 160 g/mol. The van der Waals surface area contributed by atoms with E-state index in [1.165, 1.54) is 0 Å². The summed E-state index contributed by atoms with van der Waals surface area (Å²) >= 11 is 0. The molecule has 1 rings (SSSR count). The van der Waals surface area contributed by atoms with Crippen molar-refractivity contribution in [2.45, 2.75) is 51.1 Å². The summed E-state index contributed by atoms with van der Waals surface area (Å²) in [5.41, 5.74) is -0.597. The zero-order valence-electron chi connectivity index (χ0n) is 7.24. The third-order valence-corrected chi connectivity index (χ3v) is 2.27. The Bertz CT molecular complexity index is 144. The van der Waals surface area contributed by atoms with E-state index in [1.807, 2.05) is 6.92 Å². The van der Waals surface area contributed by atoms with Crippen molar-refractivity contribution in [3.05, 3.63) is 0 Å². The van der Waals surface area contributed by atoms with E-state index in [9.17, 15) is 10.2 Å². The van der Waals surface area contributed by atoms with E-state index in [4.69, 9.17) is 4.74 Å². The highest BCUT2D eigenvalue weighted by atomic mass is 16.6. The molecule has 3 nitrogen and oxygen atoms in total. The average molecular weight is 160 g/mol. The van der Waals surface area contributed by atoms with E-state index in [0.717, 1.165) is 6.42 Å². The maximum atomic E-state index is 9.45. The van der Waals surface area contributed by atoms with Gasteiger partial charge in [-0.1, -0.05) is 6.92 Å². The van der Waals surface area contributed by atoms with Crippen LogP contribution < -0.4 is 0 Å². The van der Waals surface area contributed by atoms with Crippen molar-refractivity contribution in [3.8, 4) is 0 Å². The first-order chi connectivity index (χ1) is 4.99. The molecule has 0 saturated carbocycles. The van der Waals surface area contributed by atoms with Crippen molar-refractivity contribution in [1.82, 2.24) is 0 Å². The van der Waals surface area contributed by atoms with E-state index in [0.29, 0.717) is 0 Å². The molecule has 1 heterocycles. The van der Waals surface area contributed by atoms with Crippen LogP contribution in [0.25, 0.3) is 0 Å². The lowest BCUT2D eigenvalue weighted by Crippen LogP contribution is -2.37. The van der Waals surface area contributed by atoms with Gasteiger partial charge < -0.3 is 14.9 Å². The summed E-state index contributed by atoms with van der Waals surface area (Å²) < 4.78 is 5.42. The second-order valence-electron chi connectivity index (χ2n) is 3.60. The smallest absolute Gasteiger partial charge is 0.111 e. The molecule has 0 aromatic rings. The minimum atomic E-state index is -0.757. The predicted molar refractivity (Wildman–Crippen MR) is 41.3 cm³/mol. The van der Waals surface area contributed by atoms with Crippen molar-refractivity contribution in [2.75, 3.05) is 0 Å². The summed E-state index contributed by atoms with van der Waals surface area (Å²) in [5.74, 6) is 0. The van der Waals surface area contributed by atoms with Crippen molar-refractivity contribution >= 4 is 0 Å². The van der Waals surface area contributed by atoms with Gasteiger partial charge in [0.1, 0.15) is 12.2 Å². The fourth-order valence-electron chi connectivity index (χ4n) is 1.47. The van der Waals surface area contributed by atoms with Gasteiger partial charge >= 0.3 is 0 Å². The first-order valence-electron chi connectivity index (χ1n) is 4.03. The van der Waals surface area contributed by atoms with Crippen LogP contribution in [0.2, 0.25) is 0 Å². The van der Waals surface area contributed by atoms with Gasteiger partial charge in [0.25, 0.3) is 0 Å². The highest BCUT2D eigenvalue weighted by Crippen LogP contribution is 2.31. The van der Waals surface area contributed by atoms with Crippen LogP contribution in [0, 0.1) is 0 Å². The van der Waals surface area contributed by atoms with Crippen LogP contribution in [0.3, 0.4) is 0 Å². The Morgan fingerprint density at radius 2 is 1.91 bits per heavy atom. The number of hydrogen-bond donors (Lipinski definition) is 2. The van der Waals surface area contributed by atoms with Crippen LogP contribution in [-0.4, -0.2) is 34.1 Å². The van der Waals surface area contributed by atoms with E-state index in [1.54, 1.807) is 13.8 Å². The van der Waals surface area contributed by atoms with Crippen molar-refractivity contribution in [2.24, 2.45) is 0 Å². The molecule has 0 aromatic heterocycles. The number of ether oxygens (including phenoxy) is 1. The molecular weight excluding hydrogens is 144 g/mol. The zero-order chi connectivity index (χ0) is 8.65. The summed E-state index contributed by atoms with van der Waals surface area (Å²) in [6.45, 7) is 5.51. The summed E-state index contributed by atoms with van der Waals surface area (Å²) in [4.78, 5) is 0. The molecular formula is C8H16O3. The summed E-state index contributed by atoms with van der Waals surface area (Å²) in [6, 6.07) is 0.